The summed E-state index contributed by atoms with van der Waals surface area (Å²) in [4.78, 5) is 25.2. The summed E-state index contributed by atoms with van der Waals surface area (Å²) in [5.41, 5.74) is 5.61. The lowest BCUT2D eigenvalue weighted by Crippen LogP contribution is -2.27. The summed E-state index contributed by atoms with van der Waals surface area (Å²) >= 11 is 5.99. The normalized spacial score (nSPS) is 11.4. The van der Waals surface area contributed by atoms with Crippen molar-refractivity contribution < 1.29 is 27.5 Å². The molecule has 2 amide bonds. The topological polar surface area (TPSA) is 135 Å². The van der Waals surface area contributed by atoms with E-state index in [0.29, 0.717) is 27.5 Å². The number of carbonyl (C=O) groups excluding carboxylic acids is 2. The first kappa shape index (κ1) is 32.1. The molecule has 0 radical (unpaired) electrons. The molecule has 0 aliphatic heterocycles. The van der Waals surface area contributed by atoms with Gasteiger partial charge in [-0.15, -0.1) is 0 Å². The number of hydrazone groups is 1. The van der Waals surface area contributed by atoms with Crippen molar-refractivity contribution in [1.29, 1.82) is 0 Å². The number of anilines is 2. The maximum atomic E-state index is 13.7. The molecule has 0 unspecified atom stereocenters. The molecule has 0 saturated heterocycles. The van der Waals surface area contributed by atoms with Gasteiger partial charge in [0.25, 0.3) is 11.8 Å². The zero-order valence-corrected chi connectivity index (χ0v) is 26.0. The molecule has 0 saturated carbocycles. The maximum Gasteiger partial charge on any atom is 0.259 e. The molecular weight excluding hydrogens is 604 g/mol. The molecule has 0 spiro atoms. The third-order valence-electron chi connectivity index (χ3n) is 6.51. The fourth-order valence-corrected chi connectivity index (χ4v) is 6.00. The van der Waals surface area contributed by atoms with E-state index < -0.39 is 15.7 Å². The molecule has 10 nitrogen and oxygen atoms in total. The second-order valence-electron chi connectivity index (χ2n) is 9.63. The van der Waals surface area contributed by atoms with Gasteiger partial charge in [0.15, 0.2) is 11.5 Å². The summed E-state index contributed by atoms with van der Waals surface area (Å²) in [5.74, 6) is -0.616. The average Bonchev–Trinajstić information content (AvgIpc) is 3.02. The Kier molecular flexibility index (Phi) is 10.2. The number of methoxy groups -OCH3 is 2. The van der Waals surface area contributed by atoms with E-state index in [1.54, 1.807) is 73.7 Å². The monoisotopic (exact) mass is 634 g/mol. The number of nitrogens with one attached hydrogen (secondary N) is 3. The summed E-state index contributed by atoms with van der Waals surface area (Å²) < 4.78 is 38.1. The lowest BCUT2D eigenvalue weighted by atomic mass is 10.1. The van der Waals surface area contributed by atoms with Gasteiger partial charge < -0.3 is 20.1 Å². The number of amides is 2. The first-order valence-electron chi connectivity index (χ1n) is 13.3. The lowest BCUT2D eigenvalue weighted by Gasteiger charge is -2.18. The van der Waals surface area contributed by atoms with Gasteiger partial charge in [0, 0.05) is 16.3 Å². The highest BCUT2D eigenvalue weighted by atomic mass is 35.5. The van der Waals surface area contributed by atoms with Crippen molar-refractivity contribution in [2.45, 2.75) is 23.6 Å². The van der Waals surface area contributed by atoms with Crippen LogP contribution in [0.2, 0.25) is 5.02 Å². The number of benzene rings is 4. The van der Waals surface area contributed by atoms with E-state index in [0.717, 1.165) is 5.56 Å². The molecule has 0 heterocycles. The van der Waals surface area contributed by atoms with Crippen molar-refractivity contribution in [2.24, 2.45) is 5.10 Å². The van der Waals surface area contributed by atoms with E-state index in [-0.39, 0.29) is 39.4 Å². The van der Waals surface area contributed by atoms with Gasteiger partial charge in [0.1, 0.15) is 4.90 Å². The Morgan fingerprint density at radius 2 is 1.59 bits per heavy atom. The number of ether oxygens (including phenoxy) is 2. The highest BCUT2D eigenvalue weighted by molar-refractivity contribution is 7.91. The van der Waals surface area contributed by atoms with Crippen molar-refractivity contribution in [3.05, 3.63) is 107 Å². The van der Waals surface area contributed by atoms with Crippen LogP contribution in [0.1, 0.15) is 28.4 Å². The summed E-state index contributed by atoms with van der Waals surface area (Å²) in [5, 5.41) is 10.3. The summed E-state index contributed by atoms with van der Waals surface area (Å²) in [6.45, 7) is 3.26. The van der Waals surface area contributed by atoms with E-state index in [4.69, 9.17) is 21.1 Å². The largest absolute Gasteiger partial charge is 0.493 e. The molecule has 3 N–H and O–H groups in total. The number of sulfone groups is 1. The molecule has 0 aliphatic rings. The number of aryl methyl sites for hydroxylation is 1. The zero-order valence-electron chi connectivity index (χ0n) is 24.5. The van der Waals surface area contributed by atoms with Gasteiger partial charge in [-0.2, -0.15) is 5.10 Å². The van der Waals surface area contributed by atoms with E-state index >= 15 is 0 Å². The number of carbonyl (C=O) groups is 2. The lowest BCUT2D eigenvalue weighted by molar-refractivity contribution is -0.119. The molecule has 0 aliphatic carbocycles. The summed E-state index contributed by atoms with van der Waals surface area (Å²) in [7, 11) is -1.32. The first-order valence-corrected chi connectivity index (χ1v) is 15.2. The molecule has 12 heteroatoms. The minimum absolute atomic E-state index is 0.00897. The predicted octanol–water partition coefficient (Wildman–Crippen LogP) is 5.70. The predicted molar refractivity (Wildman–Crippen MR) is 171 cm³/mol. The third kappa shape index (κ3) is 7.55. The molecule has 44 heavy (non-hydrogen) atoms. The van der Waals surface area contributed by atoms with E-state index in [1.807, 2.05) is 6.92 Å². The summed E-state index contributed by atoms with van der Waals surface area (Å²) in [6, 6.07) is 23.1. The molecule has 0 bridgehead atoms. The van der Waals surface area contributed by atoms with Crippen molar-refractivity contribution in [2.75, 3.05) is 31.4 Å². The van der Waals surface area contributed by atoms with Gasteiger partial charge in [-0.3, -0.25) is 9.59 Å². The van der Waals surface area contributed by atoms with Gasteiger partial charge in [0.05, 0.1) is 37.1 Å². The Balaban J connectivity index is 1.48. The van der Waals surface area contributed by atoms with E-state index in [9.17, 15) is 18.0 Å². The van der Waals surface area contributed by atoms with Crippen LogP contribution >= 0.6 is 11.6 Å². The third-order valence-corrected chi connectivity index (χ3v) is 8.58. The van der Waals surface area contributed by atoms with Crippen LogP contribution in [-0.4, -0.2) is 46.7 Å². The van der Waals surface area contributed by atoms with Crippen LogP contribution in [0.25, 0.3) is 0 Å². The Hall–Kier alpha value is -4.87. The van der Waals surface area contributed by atoms with Crippen LogP contribution in [0.15, 0.2) is 99.8 Å². The molecule has 0 aromatic heterocycles. The molecule has 0 atom stereocenters. The smallest absolute Gasteiger partial charge is 0.259 e. The standard InChI is InChI=1S/C32H31ClN4O6S/c1-20-11-13-26(14-12-20)44(40,41)31-27(15-16-28(42-3)30(31)43-4)34-19-29(38)37-36-21(2)22-7-6-10-25(18-22)35-32(39)23-8-5-9-24(33)17-23/h5-18,34H,19H2,1-4H3,(H,35,39)(H,37,38)/b36-21-. The second-order valence-corrected chi connectivity index (χ2v) is 11.9. The number of nitrogens with zero attached hydrogens (tertiary/aromatic N) is 1. The van der Waals surface area contributed by atoms with Crippen LogP contribution in [0.3, 0.4) is 0 Å². The Morgan fingerprint density at radius 3 is 2.27 bits per heavy atom. The highest BCUT2D eigenvalue weighted by Crippen LogP contribution is 2.42. The number of rotatable bonds is 11. The average molecular weight is 635 g/mol. The van der Waals surface area contributed by atoms with Crippen molar-refractivity contribution in [1.82, 2.24) is 5.43 Å². The molecule has 228 valence electrons. The van der Waals surface area contributed by atoms with Gasteiger partial charge in [0.2, 0.25) is 9.84 Å². The number of hydrogen-bond donors (Lipinski definition) is 3. The fraction of sp³-hybridized carbons (Fsp3) is 0.156. The maximum absolute atomic E-state index is 13.7. The molecule has 0 fully saturated rings. The Bertz CT molecular complexity index is 1830. The Labute approximate surface area is 261 Å². The Morgan fingerprint density at radius 1 is 0.886 bits per heavy atom. The summed E-state index contributed by atoms with van der Waals surface area (Å²) in [6.07, 6.45) is 0. The van der Waals surface area contributed by atoms with Crippen LogP contribution in [0, 0.1) is 6.92 Å². The number of hydrogen-bond acceptors (Lipinski definition) is 8. The van der Waals surface area contributed by atoms with Gasteiger partial charge >= 0.3 is 0 Å². The first-order chi connectivity index (χ1) is 21.0. The number of halogens is 1. The van der Waals surface area contributed by atoms with Crippen LogP contribution in [-0.2, 0) is 14.6 Å². The van der Waals surface area contributed by atoms with Crippen molar-refractivity contribution in [3.8, 4) is 11.5 Å². The van der Waals surface area contributed by atoms with Gasteiger partial charge in [-0.05, 0) is 74.0 Å². The minimum atomic E-state index is -4.07. The zero-order chi connectivity index (χ0) is 31.9. The molecule has 4 aromatic carbocycles. The van der Waals surface area contributed by atoms with Crippen LogP contribution < -0.4 is 25.5 Å². The highest BCUT2D eigenvalue weighted by Gasteiger charge is 2.29. The van der Waals surface area contributed by atoms with Gasteiger partial charge in [-0.1, -0.05) is 47.5 Å². The van der Waals surface area contributed by atoms with Gasteiger partial charge in [-0.25, -0.2) is 13.8 Å². The van der Waals surface area contributed by atoms with Crippen molar-refractivity contribution >= 4 is 50.3 Å². The molecule has 4 aromatic rings. The SMILES string of the molecule is COc1ccc(NCC(=O)N/N=C(/C)c2cccc(NC(=O)c3cccc(Cl)c3)c2)c(S(=O)(=O)c2ccc(C)cc2)c1OC. The van der Waals surface area contributed by atoms with E-state index in [2.05, 4.69) is 21.2 Å². The van der Waals surface area contributed by atoms with Crippen LogP contribution in [0.4, 0.5) is 11.4 Å². The fourth-order valence-electron chi connectivity index (χ4n) is 4.22. The quantitative estimate of drug-likeness (QED) is 0.142. The van der Waals surface area contributed by atoms with Crippen LogP contribution in [0.5, 0.6) is 11.5 Å². The second kappa shape index (κ2) is 14.1. The molecule has 4 rings (SSSR count). The van der Waals surface area contributed by atoms with Crippen molar-refractivity contribution in [3.63, 3.8) is 0 Å². The molecular formula is C32H31ClN4O6S. The minimum Gasteiger partial charge on any atom is -0.493 e. The van der Waals surface area contributed by atoms with E-state index in [1.165, 1.54) is 32.4 Å².